The molecule has 9 nitrogen and oxygen atoms in total. The summed E-state index contributed by atoms with van der Waals surface area (Å²) in [6.07, 6.45) is 1.48. The highest BCUT2D eigenvalue weighted by Gasteiger charge is 2.42. The van der Waals surface area contributed by atoms with Crippen LogP contribution in [-0.4, -0.2) is 48.3 Å². The second-order valence-electron chi connectivity index (χ2n) is 8.71. The van der Waals surface area contributed by atoms with Crippen LogP contribution in [-0.2, 0) is 21.2 Å². The maximum absolute atomic E-state index is 12.8. The molecule has 0 atom stereocenters. The van der Waals surface area contributed by atoms with Gasteiger partial charge in [0.2, 0.25) is 20.2 Å². The fourth-order valence-electron chi connectivity index (χ4n) is 3.70. The number of methoxy groups -OCH3 is 1. The van der Waals surface area contributed by atoms with Gasteiger partial charge in [-0.1, -0.05) is 44.2 Å². The number of aliphatic imine (C=N–C) groups is 1. The molecule has 0 radical (unpaired) electrons. The van der Waals surface area contributed by atoms with E-state index in [0.29, 0.717) is 23.7 Å². The lowest BCUT2D eigenvalue weighted by molar-refractivity contribution is -0.114. The molecule has 4 rings (SSSR count). The molecule has 0 unspecified atom stereocenters. The van der Waals surface area contributed by atoms with E-state index in [1.807, 2.05) is 31.2 Å². The topological polar surface area (TPSA) is 121 Å². The first-order valence-electron chi connectivity index (χ1n) is 11.2. The van der Waals surface area contributed by atoms with Gasteiger partial charge in [0, 0.05) is 0 Å². The number of hydrogen-bond donors (Lipinski definition) is 1. The zero-order valence-corrected chi connectivity index (χ0v) is 21.9. The number of rotatable bonds is 7. The molecule has 0 aliphatic carbocycles. The van der Waals surface area contributed by atoms with Crippen molar-refractivity contribution in [2.45, 2.75) is 27.4 Å². The van der Waals surface area contributed by atoms with E-state index in [2.05, 4.69) is 9.39 Å². The molecule has 0 saturated heterocycles. The lowest BCUT2D eigenvalue weighted by Crippen LogP contribution is -2.46. The van der Waals surface area contributed by atoms with Crippen molar-refractivity contribution in [1.82, 2.24) is 4.90 Å². The molecule has 2 aromatic rings. The van der Waals surface area contributed by atoms with Crippen LogP contribution in [0.4, 0.5) is 0 Å². The molecular weight excluding hydrogens is 500 g/mol. The Balaban J connectivity index is 1.60. The van der Waals surface area contributed by atoms with E-state index in [-0.39, 0.29) is 33.4 Å². The monoisotopic (exact) mass is 526 g/mol. The molecule has 0 aromatic heterocycles. The molecule has 36 heavy (non-hydrogen) atoms. The number of amides is 1. The lowest BCUT2D eigenvalue weighted by atomic mass is 10.1. The van der Waals surface area contributed by atoms with Gasteiger partial charge in [-0.3, -0.25) is 10.2 Å². The van der Waals surface area contributed by atoms with Gasteiger partial charge >= 0.3 is 0 Å². The normalized spacial score (nSPS) is 16.8. The van der Waals surface area contributed by atoms with Gasteiger partial charge in [0.05, 0.1) is 30.4 Å². The van der Waals surface area contributed by atoms with Gasteiger partial charge in [-0.2, -0.15) is 9.39 Å². The highest BCUT2D eigenvalue weighted by molar-refractivity contribution is 8.16. The third kappa shape index (κ3) is 5.21. The number of carbonyl (C=O) groups excluding carboxylic acids is 1. The minimum Gasteiger partial charge on any atom is -0.493 e. The Morgan fingerprint density at radius 2 is 1.92 bits per heavy atom. The predicted molar refractivity (Wildman–Crippen MR) is 142 cm³/mol. The van der Waals surface area contributed by atoms with Crippen molar-refractivity contribution < 1.29 is 22.7 Å². The molecule has 0 fully saturated rings. The van der Waals surface area contributed by atoms with Crippen molar-refractivity contribution in [3.05, 3.63) is 64.7 Å². The maximum Gasteiger partial charge on any atom is 0.283 e. The number of ether oxygens (including phenoxy) is 2. The standard InChI is InChI=1S/C25H26N4O5S2/c1-15(2)14-36(31,32)25-28-35-24-27-23(30)19(22(26)29(24)25)11-17-9-10-20(21(12-17)33-4)34-13-18-8-6-5-7-16(18)3/h5-12,15,26H,13-14H2,1-4H3/b19-11-,26-22?. The van der Waals surface area contributed by atoms with Gasteiger partial charge in [0.15, 0.2) is 11.5 Å². The molecule has 0 bridgehead atoms. The highest BCUT2D eigenvalue weighted by atomic mass is 32.2. The van der Waals surface area contributed by atoms with Crippen molar-refractivity contribution in [2.75, 3.05) is 12.9 Å². The van der Waals surface area contributed by atoms with Gasteiger partial charge in [-0.15, -0.1) is 0 Å². The number of aryl methyl sites for hydroxylation is 1. The van der Waals surface area contributed by atoms with Crippen molar-refractivity contribution in [1.29, 1.82) is 5.41 Å². The van der Waals surface area contributed by atoms with Crippen molar-refractivity contribution in [3.8, 4) is 11.5 Å². The molecule has 1 amide bonds. The van der Waals surface area contributed by atoms with Gasteiger partial charge in [0.25, 0.3) is 5.91 Å². The van der Waals surface area contributed by atoms with Crippen LogP contribution in [0.15, 0.2) is 57.4 Å². The molecule has 2 aliphatic rings. The number of fused-ring (bicyclic) bond motifs is 1. The third-order valence-electron chi connectivity index (χ3n) is 5.47. The van der Waals surface area contributed by atoms with Gasteiger partial charge in [-0.25, -0.2) is 13.3 Å². The van der Waals surface area contributed by atoms with Crippen molar-refractivity contribution >= 4 is 49.9 Å². The first-order valence-corrected chi connectivity index (χ1v) is 13.6. The van der Waals surface area contributed by atoms with E-state index < -0.39 is 15.7 Å². The summed E-state index contributed by atoms with van der Waals surface area (Å²) >= 11 is 0.776. The summed E-state index contributed by atoms with van der Waals surface area (Å²) in [6, 6.07) is 13.1. The van der Waals surface area contributed by atoms with Crippen molar-refractivity contribution in [3.63, 3.8) is 0 Å². The first kappa shape index (κ1) is 25.6. The van der Waals surface area contributed by atoms with Crippen LogP contribution in [0.3, 0.4) is 0 Å². The fourth-order valence-corrected chi connectivity index (χ4v) is 6.43. The minimum atomic E-state index is -3.77. The Morgan fingerprint density at radius 1 is 1.17 bits per heavy atom. The summed E-state index contributed by atoms with van der Waals surface area (Å²) in [5.74, 6) is -0.209. The first-order chi connectivity index (χ1) is 17.1. The zero-order valence-electron chi connectivity index (χ0n) is 20.3. The third-order valence-corrected chi connectivity index (χ3v) is 8.22. The van der Waals surface area contributed by atoms with Crippen LogP contribution in [0.5, 0.6) is 11.5 Å². The smallest absolute Gasteiger partial charge is 0.283 e. The number of carbonyl (C=O) groups is 1. The van der Waals surface area contributed by atoms with E-state index in [1.54, 1.807) is 32.0 Å². The number of sulfone groups is 1. The fraction of sp³-hybridized carbons (Fsp3) is 0.280. The second kappa shape index (κ2) is 10.3. The van der Waals surface area contributed by atoms with Crippen molar-refractivity contribution in [2.24, 2.45) is 15.3 Å². The summed E-state index contributed by atoms with van der Waals surface area (Å²) in [5.41, 5.74) is 2.68. The van der Waals surface area contributed by atoms with E-state index in [9.17, 15) is 13.2 Å². The summed E-state index contributed by atoms with van der Waals surface area (Å²) in [7, 11) is -2.25. The Morgan fingerprint density at radius 3 is 2.61 bits per heavy atom. The molecular formula is C25H26N4O5S2. The Hall–Kier alpha value is -3.44. The zero-order chi connectivity index (χ0) is 26.0. The average Bonchev–Trinajstić information content (AvgIpc) is 3.26. The summed E-state index contributed by atoms with van der Waals surface area (Å²) in [5, 5.41) is 8.39. The van der Waals surface area contributed by atoms with E-state index in [4.69, 9.17) is 14.9 Å². The number of nitrogens with zero attached hydrogens (tertiary/aromatic N) is 3. The number of benzene rings is 2. The summed E-state index contributed by atoms with van der Waals surface area (Å²) in [4.78, 5) is 17.8. The highest BCUT2D eigenvalue weighted by Crippen LogP contribution is 2.33. The number of nitrogens with one attached hydrogen (secondary N) is 1. The van der Waals surface area contributed by atoms with E-state index in [0.717, 1.165) is 28.0 Å². The quantitative estimate of drug-likeness (QED) is 0.423. The number of amidine groups is 3. The largest absolute Gasteiger partial charge is 0.493 e. The molecule has 2 aliphatic heterocycles. The molecule has 1 N–H and O–H groups in total. The van der Waals surface area contributed by atoms with Crippen LogP contribution < -0.4 is 9.47 Å². The molecule has 0 saturated carbocycles. The molecule has 0 spiro atoms. The molecule has 2 aromatic carbocycles. The maximum atomic E-state index is 12.8. The van der Waals surface area contributed by atoms with Crippen LogP contribution in [0.25, 0.3) is 6.08 Å². The molecule has 2 heterocycles. The van der Waals surface area contributed by atoms with Crippen LogP contribution >= 0.6 is 11.9 Å². The number of hydrogen-bond acceptors (Lipinski definition) is 8. The average molecular weight is 527 g/mol. The van der Waals surface area contributed by atoms with Crippen LogP contribution in [0, 0.1) is 18.3 Å². The summed E-state index contributed by atoms with van der Waals surface area (Å²) in [6.45, 7) is 5.95. The predicted octanol–water partition coefficient (Wildman–Crippen LogP) is 4.23. The molecule has 188 valence electrons. The molecule has 11 heteroatoms. The Bertz CT molecular complexity index is 1430. The minimum absolute atomic E-state index is 0.0515. The summed E-state index contributed by atoms with van der Waals surface area (Å²) < 4.78 is 41.1. The van der Waals surface area contributed by atoms with E-state index in [1.165, 1.54) is 13.2 Å². The Kier molecular flexibility index (Phi) is 7.32. The lowest BCUT2D eigenvalue weighted by Gasteiger charge is -2.24. The van der Waals surface area contributed by atoms with Gasteiger partial charge in [0.1, 0.15) is 12.4 Å². The SMILES string of the molecule is COc1cc(/C=C2/C(=N)N3C(=NC2=O)SN=C3S(=O)(=O)CC(C)C)ccc1OCc1ccccc1C. The second-order valence-corrected chi connectivity index (χ2v) is 11.4. The Labute approximate surface area is 214 Å². The van der Waals surface area contributed by atoms with Crippen LogP contribution in [0.1, 0.15) is 30.5 Å². The van der Waals surface area contributed by atoms with E-state index >= 15 is 0 Å². The van der Waals surface area contributed by atoms with Gasteiger partial charge in [-0.05, 0) is 47.7 Å². The van der Waals surface area contributed by atoms with Crippen LogP contribution in [0.2, 0.25) is 0 Å². The van der Waals surface area contributed by atoms with Gasteiger partial charge < -0.3 is 9.47 Å².